The van der Waals surface area contributed by atoms with E-state index in [1.807, 2.05) is 36.1 Å². The van der Waals surface area contributed by atoms with Gasteiger partial charge in [0.15, 0.2) is 17.6 Å². The molecule has 0 spiro atoms. The van der Waals surface area contributed by atoms with Crippen molar-refractivity contribution in [2.24, 2.45) is 5.92 Å². The predicted octanol–water partition coefficient (Wildman–Crippen LogP) is 2.10. The van der Waals surface area contributed by atoms with E-state index in [1.54, 1.807) is 0 Å². The zero-order valence-corrected chi connectivity index (χ0v) is 14.3. The van der Waals surface area contributed by atoms with Crippen LogP contribution >= 0.6 is 12.4 Å². The summed E-state index contributed by atoms with van der Waals surface area (Å²) in [4.78, 5) is 14.1. The first-order valence-electron chi connectivity index (χ1n) is 8.13. The molecule has 0 aromatic heterocycles. The molecule has 0 saturated heterocycles. The van der Waals surface area contributed by atoms with Crippen LogP contribution in [0.2, 0.25) is 0 Å². The molecule has 2 aliphatic rings. The number of rotatable bonds is 7. The van der Waals surface area contributed by atoms with Crippen LogP contribution in [0.5, 0.6) is 11.5 Å². The number of likely N-dealkylation sites (N-methyl/N-ethyl adjacent to an activating group) is 1. The molecule has 3 rings (SSSR count). The van der Waals surface area contributed by atoms with E-state index in [0.29, 0.717) is 26.2 Å². The summed E-state index contributed by atoms with van der Waals surface area (Å²) in [5.74, 6) is 2.45. The predicted molar refractivity (Wildman–Crippen MR) is 91.4 cm³/mol. The van der Waals surface area contributed by atoms with Crippen LogP contribution in [0.15, 0.2) is 24.3 Å². The number of fused-ring (bicyclic) bond motifs is 1. The number of amides is 1. The minimum absolute atomic E-state index is 0. The lowest BCUT2D eigenvalue weighted by Gasteiger charge is -2.31. The molecule has 5 nitrogen and oxygen atoms in total. The van der Waals surface area contributed by atoms with Gasteiger partial charge in [-0.1, -0.05) is 12.1 Å². The number of benzene rings is 1. The number of carbonyl (C=O) groups excluding carboxylic acids is 1. The van der Waals surface area contributed by atoms with Crippen LogP contribution in [0, 0.1) is 5.92 Å². The van der Waals surface area contributed by atoms with Gasteiger partial charge >= 0.3 is 0 Å². The van der Waals surface area contributed by atoms with E-state index in [1.165, 1.54) is 12.8 Å². The van der Waals surface area contributed by atoms with Crippen LogP contribution in [-0.2, 0) is 4.79 Å². The summed E-state index contributed by atoms with van der Waals surface area (Å²) in [5, 5.41) is 3.25. The molecule has 23 heavy (non-hydrogen) atoms. The Labute approximate surface area is 143 Å². The lowest BCUT2D eigenvalue weighted by molar-refractivity contribution is -0.131. The lowest BCUT2D eigenvalue weighted by atomic mass is 10.2. The second-order valence-electron chi connectivity index (χ2n) is 6.00. The van der Waals surface area contributed by atoms with E-state index in [2.05, 4.69) is 5.32 Å². The highest BCUT2D eigenvalue weighted by atomic mass is 35.5. The van der Waals surface area contributed by atoms with Crippen LogP contribution < -0.4 is 14.8 Å². The quantitative estimate of drug-likeness (QED) is 0.826. The lowest BCUT2D eigenvalue weighted by Crippen LogP contribution is -2.46. The van der Waals surface area contributed by atoms with Crippen molar-refractivity contribution in [2.75, 3.05) is 32.8 Å². The van der Waals surface area contributed by atoms with Gasteiger partial charge in [0.1, 0.15) is 6.61 Å². The van der Waals surface area contributed by atoms with Gasteiger partial charge in [0.2, 0.25) is 5.91 Å². The van der Waals surface area contributed by atoms with E-state index in [9.17, 15) is 4.79 Å². The number of hydrogen-bond acceptors (Lipinski definition) is 4. The van der Waals surface area contributed by atoms with Crippen molar-refractivity contribution in [3.63, 3.8) is 0 Å². The molecule has 1 aliphatic carbocycles. The van der Waals surface area contributed by atoms with Crippen molar-refractivity contribution in [1.82, 2.24) is 10.2 Å². The third-order valence-corrected chi connectivity index (χ3v) is 4.13. The molecule has 6 heteroatoms. The number of hydrogen-bond donors (Lipinski definition) is 1. The molecule has 1 aromatic rings. The molecule has 0 bridgehead atoms. The van der Waals surface area contributed by atoms with Crippen molar-refractivity contribution in [3.05, 3.63) is 24.3 Å². The highest BCUT2D eigenvalue weighted by Gasteiger charge is 2.25. The fourth-order valence-electron chi connectivity index (χ4n) is 2.62. The highest BCUT2D eigenvalue weighted by molar-refractivity contribution is 5.85. The van der Waals surface area contributed by atoms with Gasteiger partial charge in [0.05, 0.1) is 13.1 Å². The molecular formula is C17H25ClN2O3. The second kappa shape index (κ2) is 8.41. The number of carbonyl (C=O) groups is 1. The van der Waals surface area contributed by atoms with Gasteiger partial charge in [-0.15, -0.1) is 12.4 Å². The van der Waals surface area contributed by atoms with Crippen molar-refractivity contribution in [3.8, 4) is 11.5 Å². The molecule has 1 atom stereocenters. The summed E-state index contributed by atoms with van der Waals surface area (Å²) in [7, 11) is 0. The molecule has 1 aromatic carbocycles. The van der Waals surface area contributed by atoms with Gasteiger partial charge in [-0.25, -0.2) is 0 Å². The number of para-hydroxylation sites is 2. The number of ether oxygens (including phenoxy) is 2. The first-order valence-corrected chi connectivity index (χ1v) is 8.13. The van der Waals surface area contributed by atoms with Gasteiger partial charge in [-0.2, -0.15) is 0 Å². The molecule has 1 aliphatic heterocycles. The molecule has 1 fully saturated rings. The third-order valence-electron chi connectivity index (χ3n) is 4.13. The van der Waals surface area contributed by atoms with E-state index in [0.717, 1.165) is 24.0 Å². The Kier molecular flexibility index (Phi) is 6.54. The second-order valence-corrected chi connectivity index (χ2v) is 6.00. The molecule has 1 N–H and O–H groups in total. The summed E-state index contributed by atoms with van der Waals surface area (Å²) in [6, 6.07) is 7.65. The molecule has 128 valence electrons. The standard InChI is InChI=1S/C17H24N2O3.ClH/c1-2-19(17(20)10-18-9-13-7-8-13)11-14-12-21-15-5-3-4-6-16(15)22-14;/h3-6,13-14,18H,2,7-12H2,1H3;1H. The Morgan fingerprint density at radius 3 is 2.74 bits per heavy atom. The Hall–Kier alpha value is -1.46. The Bertz CT molecular complexity index is 522. The molecule has 1 saturated carbocycles. The summed E-state index contributed by atoms with van der Waals surface area (Å²) in [5.41, 5.74) is 0. The Balaban J connectivity index is 0.00000192. The van der Waals surface area contributed by atoms with E-state index in [4.69, 9.17) is 9.47 Å². The smallest absolute Gasteiger partial charge is 0.236 e. The Morgan fingerprint density at radius 1 is 1.30 bits per heavy atom. The van der Waals surface area contributed by atoms with Crippen molar-refractivity contribution in [2.45, 2.75) is 25.9 Å². The van der Waals surface area contributed by atoms with Crippen molar-refractivity contribution in [1.29, 1.82) is 0 Å². The minimum Gasteiger partial charge on any atom is -0.486 e. The minimum atomic E-state index is -0.109. The van der Waals surface area contributed by atoms with Crippen LogP contribution in [0.4, 0.5) is 0 Å². The molecule has 0 radical (unpaired) electrons. The van der Waals surface area contributed by atoms with Crippen LogP contribution in [0.25, 0.3) is 0 Å². The summed E-state index contributed by atoms with van der Waals surface area (Å²) >= 11 is 0. The van der Waals surface area contributed by atoms with Gasteiger partial charge < -0.3 is 19.7 Å². The van der Waals surface area contributed by atoms with Gasteiger partial charge in [-0.05, 0) is 44.4 Å². The van der Waals surface area contributed by atoms with E-state index >= 15 is 0 Å². The number of nitrogens with one attached hydrogen (secondary N) is 1. The maximum atomic E-state index is 12.3. The Morgan fingerprint density at radius 2 is 2.04 bits per heavy atom. The van der Waals surface area contributed by atoms with Crippen LogP contribution in [0.3, 0.4) is 0 Å². The SMILES string of the molecule is CCN(CC1COc2ccccc2O1)C(=O)CNCC1CC1.Cl. The maximum absolute atomic E-state index is 12.3. The monoisotopic (exact) mass is 340 g/mol. The van der Waals surface area contributed by atoms with Crippen LogP contribution in [0.1, 0.15) is 19.8 Å². The number of nitrogens with zero attached hydrogens (tertiary/aromatic N) is 1. The zero-order valence-electron chi connectivity index (χ0n) is 13.5. The third kappa shape index (κ3) is 5.01. The molecule has 1 amide bonds. The van der Waals surface area contributed by atoms with Gasteiger partial charge in [0.25, 0.3) is 0 Å². The van der Waals surface area contributed by atoms with Gasteiger partial charge in [0, 0.05) is 6.54 Å². The maximum Gasteiger partial charge on any atom is 0.236 e. The van der Waals surface area contributed by atoms with E-state index < -0.39 is 0 Å². The first-order chi connectivity index (χ1) is 10.8. The van der Waals surface area contributed by atoms with Crippen molar-refractivity contribution < 1.29 is 14.3 Å². The van der Waals surface area contributed by atoms with E-state index in [-0.39, 0.29) is 24.4 Å². The van der Waals surface area contributed by atoms with Crippen LogP contribution in [-0.4, -0.2) is 49.7 Å². The summed E-state index contributed by atoms with van der Waals surface area (Å²) < 4.78 is 11.6. The first kappa shape index (κ1) is 17.9. The average molecular weight is 341 g/mol. The summed E-state index contributed by atoms with van der Waals surface area (Å²) in [6.45, 7) is 5.10. The largest absolute Gasteiger partial charge is 0.486 e. The fraction of sp³-hybridized carbons (Fsp3) is 0.588. The fourth-order valence-corrected chi connectivity index (χ4v) is 2.62. The summed E-state index contributed by atoms with van der Waals surface area (Å²) in [6.07, 6.45) is 2.48. The molecular weight excluding hydrogens is 316 g/mol. The highest BCUT2D eigenvalue weighted by Crippen LogP contribution is 2.31. The van der Waals surface area contributed by atoms with Gasteiger partial charge in [-0.3, -0.25) is 4.79 Å². The zero-order chi connectivity index (χ0) is 15.4. The normalized spacial score (nSPS) is 18.9. The molecule has 1 unspecified atom stereocenters. The topological polar surface area (TPSA) is 50.8 Å². The molecule has 1 heterocycles. The number of halogens is 1. The van der Waals surface area contributed by atoms with Crippen molar-refractivity contribution >= 4 is 18.3 Å². The average Bonchev–Trinajstić information content (AvgIpc) is 3.36.